The first kappa shape index (κ1) is 8.97. The largest absolute Gasteiger partial charge is 0.392 e. The number of hydrogen-bond donors (Lipinski definition) is 2. The maximum Gasteiger partial charge on any atom is 0.0674 e. The average Bonchev–Trinajstić information content (AvgIpc) is 2.52. The molecule has 0 aromatic rings. The van der Waals surface area contributed by atoms with E-state index in [1.807, 2.05) is 0 Å². The highest BCUT2D eigenvalue weighted by Crippen LogP contribution is 2.07. The summed E-state index contributed by atoms with van der Waals surface area (Å²) in [7, 11) is 0. The molecule has 11 heavy (non-hydrogen) atoms. The summed E-state index contributed by atoms with van der Waals surface area (Å²) in [4.78, 5) is 2.39. The molecule has 3 N–H and O–H groups in total. The zero-order valence-electron chi connectivity index (χ0n) is 7.00. The predicted molar refractivity (Wildman–Crippen MR) is 45.4 cm³/mol. The molecule has 0 saturated carbocycles. The molecule has 3 heteroatoms. The quantitative estimate of drug-likeness (QED) is 0.595. The summed E-state index contributed by atoms with van der Waals surface area (Å²) >= 11 is 0. The van der Waals surface area contributed by atoms with Crippen molar-refractivity contribution in [2.24, 2.45) is 5.73 Å². The van der Waals surface area contributed by atoms with Gasteiger partial charge in [0.1, 0.15) is 0 Å². The van der Waals surface area contributed by atoms with Crippen molar-refractivity contribution in [3.63, 3.8) is 0 Å². The number of aliphatic hydroxyl groups excluding tert-OH is 1. The van der Waals surface area contributed by atoms with Crippen LogP contribution in [0, 0.1) is 0 Å². The van der Waals surface area contributed by atoms with Gasteiger partial charge in [-0.3, -0.25) is 0 Å². The molecule has 0 aromatic carbocycles. The van der Waals surface area contributed by atoms with E-state index in [9.17, 15) is 0 Å². The van der Waals surface area contributed by atoms with Gasteiger partial charge >= 0.3 is 0 Å². The minimum atomic E-state index is -0.296. The standard InChI is InChI=1S/C8H18N2O/c9-7-8(11)3-6-10-4-1-2-5-10/h8,11H,1-7,9H2. The fourth-order valence-electron chi connectivity index (χ4n) is 1.46. The first-order valence-electron chi connectivity index (χ1n) is 4.43. The Hall–Kier alpha value is -0.120. The van der Waals surface area contributed by atoms with Crippen LogP contribution in [-0.2, 0) is 0 Å². The van der Waals surface area contributed by atoms with Crippen molar-refractivity contribution >= 4 is 0 Å². The van der Waals surface area contributed by atoms with Gasteiger partial charge in [-0.25, -0.2) is 0 Å². The Bertz CT molecular complexity index is 102. The maximum atomic E-state index is 9.17. The van der Waals surface area contributed by atoms with Gasteiger partial charge in [0.2, 0.25) is 0 Å². The summed E-state index contributed by atoms with van der Waals surface area (Å²) in [6.45, 7) is 3.82. The number of nitrogens with zero attached hydrogens (tertiary/aromatic N) is 1. The molecule has 0 amide bonds. The van der Waals surface area contributed by atoms with Crippen LogP contribution in [0.15, 0.2) is 0 Å². The molecule has 0 bridgehead atoms. The van der Waals surface area contributed by atoms with Crippen molar-refractivity contribution < 1.29 is 5.11 Å². The maximum absolute atomic E-state index is 9.17. The monoisotopic (exact) mass is 158 g/mol. The average molecular weight is 158 g/mol. The van der Waals surface area contributed by atoms with Gasteiger partial charge in [-0.2, -0.15) is 0 Å². The molecule has 0 spiro atoms. The number of nitrogens with two attached hydrogens (primary N) is 1. The molecule has 3 nitrogen and oxygen atoms in total. The Balaban J connectivity index is 2.01. The van der Waals surface area contributed by atoms with E-state index in [1.165, 1.54) is 25.9 Å². The van der Waals surface area contributed by atoms with Gasteiger partial charge in [0.15, 0.2) is 0 Å². The summed E-state index contributed by atoms with van der Waals surface area (Å²) in [6.07, 6.45) is 3.17. The van der Waals surface area contributed by atoms with Gasteiger partial charge in [-0.15, -0.1) is 0 Å². The van der Waals surface area contributed by atoms with Crippen LogP contribution < -0.4 is 5.73 Å². The lowest BCUT2D eigenvalue weighted by Crippen LogP contribution is -2.27. The number of likely N-dealkylation sites (tertiary alicyclic amines) is 1. The smallest absolute Gasteiger partial charge is 0.0674 e. The van der Waals surface area contributed by atoms with Crippen molar-refractivity contribution in [2.75, 3.05) is 26.2 Å². The summed E-state index contributed by atoms with van der Waals surface area (Å²) in [5.41, 5.74) is 5.29. The topological polar surface area (TPSA) is 49.5 Å². The summed E-state index contributed by atoms with van der Waals surface area (Å²) < 4.78 is 0. The Labute approximate surface area is 68.2 Å². The molecule has 1 aliphatic heterocycles. The highest BCUT2D eigenvalue weighted by atomic mass is 16.3. The van der Waals surface area contributed by atoms with E-state index in [1.54, 1.807) is 0 Å². The van der Waals surface area contributed by atoms with E-state index in [0.29, 0.717) is 6.54 Å². The van der Waals surface area contributed by atoms with Crippen molar-refractivity contribution in [3.8, 4) is 0 Å². The van der Waals surface area contributed by atoms with Crippen LogP contribution in [0.25, 0.3) is 0 Å². The Morgan fingerprint density at radius 2 is 2.00 bits per heavy atom. The second-order valence-corrected chi connectivity index (χ2v) is 3.23. The third-order valence-electron chi connectivity index (χ3n) is 2.25. The van der Waals surface area contributed by atoms with Crippen LogP contribution in [0.3, 0.4) is 0 Å². The van der Waals surface area contributed by atoms with E-state index < -0.39 is 0 Å². The van der Waals surface area contributed by atoms with E-state index in [2.05, 4.69) is 4.90 Å². The Morgan fingerprint density at radius 3 is 2.55 bits per heavy atom. The van der Waals surface area contributed by atoms with Gasteiger partial charge < -0.3 is 15.7 Å². The summed E-state index contributed by atoms with van der Waals surface area (Å²) in [5, 5.41) is 9.17. The van der Waals surface area contributed by atoms with Crippen LogP contribution >= 0.6 is 0 Å². The molecular formula is C8H18N2O. The minimum Gasteiger partial charge on any atom is -0.392 e. The van der Waals surface area contributed by atoms with Crippen molar-refractivity contribution in [1.29, 1.82) is 0 Å². The fraction of sp³-hybridized carbons (Fsp3) is 1.00. The van der Waals surface area contributed by atoms with Gasteiger partial charge in [-0.1, -0.05) is 0 Å². The van der Waals surface area contributed by atoms with Gasteiger partial charge in [0, 0.05) is 13.1 Å². The van der Waals surface area contributed by atoms with Gasteiger partial charge in [-0.05, 0) is 32.4 Å². The lowest BCUT2D eigenvalue weighted by Gasteiger charge is -2.16. The second-order valence-electron chi connectivity index (χ2n) is 3.23. The third-order valence-corrected chi connectivity index (χ3v) is 2.25. The normalized spacial score (nSPS) is 22.4. The van der Waals surface area contributed by atoms with Crippen LogP contribution in [0.2, 0.25) is 0 Å². The first-order valence-corrected chi connectivity index (χ1v) is 4.43. The Kier molecular flexibility index (Phi) is 3.83. The van der Waals surface area contributed by atoms with Crippen molar-refractivity contribution in [2.45, 2.75) is 25.4 Å². The molecule has 1 heterocycles. The number of hydrogen-bond acceptors (Lipinski definition) is 3. The summed E-state index contributed by atoms with van der Waals surface area (Å²) in [5.74, 6) is 0. The molecule has 1 saturated heterocycles. The lowest BCUT2D eigenvalue weighted by molar-refractivity contribution is 0.154. The van der Waals surface area contributed by atoms with E-state index in [0.717, 1.165) is 13.0 Å². The minimum absolute atomic E-state index is 0.296. The molecule has 0 aromatic heterocycles. The first-order chi connectivity index (χ1) is 5.33. The highest BCUT2D eigenvalue weighted by Gasteiger charge is 2.12. The lowest BCUT2D eigenvalue weighted by atomic mass is 10.2. The zero-order chi connectivity index (χ0) is 8.10. The summed E-state index contributed by atoms with van der Waals surface area (Å²) in [6, 6.07) is 0. The molecule has 1 fully saturated rings. The molecule has 1 rings (SSSR count). The van der Waals surface area contributed by atoms with E-state index >= 15 is 0 Å². The van der Waals surface area contributed by atoms with Crippen LogP contribution in [-0.4, -0.2) is 42.3 Å². The second kappa shape index (κ2) is 4.70. The Morgan fingerprint density at radius 1 is 1.36 bits per heavy atom. The molecular weight excluding hydrogens is 140 g/mol. The molecule has 66 valence electrons. The fourth-order valence-corrected chi connectivity index (χ4v) is 1.46. The van der Waals surface area contributed by atoms with Crippen LogP contribution in [0.1, 0.15) is 19.3 Å². The molecule has 1 atom stereocenters. The number of rotatable bonds is 4. The van der Waals surface area contributed by atoms with Crippen molar-refractivity contribution in [1.82, 2.24) is 4.90 Å². The van der Waals surface area contributed by atoms with Gasteiger partial charge in [0.25, 0.3) is 0 Å². The zero-order valence-corrected chi connectivity index (χ0v) is 7.00. The SMILES string of the molecule is NCC(O)CCN1CCCC1. The number of aliphatic hydroxyl groups is 1. The van der Waals surface area contributed by atoms with E-state index in [4.69, 9.17) is 10.8 Å². The highest BCUT2D eigenvalue weighted by molar-refractivity contribution is 4.68. The molecule has 0 aliphatic carbocycles. The third kappa shape index (κ3) is 3.18. The van der Waals surface area contributed by atoms with Crippen molar-refractivity contribution in [3.05, 3.63) is 0 Å². The van der Waals surface area contributed by atoms with Crippen LogP contribution in [0.5, 0.6) is 0 Å². The molecule has 0 radical (unpaired) electrons. The predicted octanol–water partition coefficient (Wildman–Crippen LogP) is -0.208. The molecule has 1 aliphatic rings. The van der Waals surface area contributed by atoms with Gasteiger partial charge in [0.05, 0.1) is 6.10 Å². The molecule has 1 unspecified atom stereocenters. The van der Waals surface area contributed by atoms with E-state index in [-0.39, 0.29) is 6.10 Å². The van der Waals surface area contributed by atoms with Crippen LogP contribution in [0.4, 0.5) is 0 Å².